The Morgan fingerprint density at radius 1 is 1.77 bits per heavy atom. The molecule has 1 aliphatic rings. The molecular formula is C9H14N2O2. The number of hydrogen-bond donors (Lipinski definition) is 1. The summed E-state index contributed by atoms with van der Waals surface area (Å²) in [5, 5.41) is 10.0. The lowest BCUT2D eigenvalue weighted by atomic mass is 9.99. The smallest absolute Gasteiger partial charge is 0.111 e. The zero-order chi connectivity index (χ0) is 9.31. The maximum absolute atomic E-state index is 10.0. The minimum atomic E-state index is -0.695. The van der Waals surface area contributed by atoms with Gasteiger partial charge in [-0.25, -0.2) is 4.98 Å². The molecule has 1 unspecified atom stereocenters. The Bertz CT molecular complexity index is 290. The maximum Gasteiger partial charge on any atom is 0.111 e. The first-order valence-corrected chi connectivity index (χ1v) is 4.46. The highest BCUT2D eigenvalue weighted by Gasteiger charge is 2.33. The highest BCUT2D eigenvalue weighted by Crippen LogP contribution is 2.22. The minimum Gasteiger partial charge on any atom is -0.387 e. The molecule has 0 aliphatic carbocycles. The molecule has 0 radical (unpaired) electrons. The second-order valence-electron chi connectivity index (χ2n) is 3.66. The molecule has 0 spiro atoms. The molecule has 13 heavy (non-hydrogen) atoms. The lowest BCUT2D eigenvalue weighted by molar-refractivity contribution is 0.0249. The zero-order valence-corrected chi connectivity index (χ0v) is 7.73. The van der Waals surface area contributed by atoms with E-state index in [0.29, 0.717) is 26.1 Å². The average Bonchev–Trinajstić information content (AvgIpc) is 2.64. The molecule has 72 valence electrons. The van der Waals surface area contributed by atoms with Crippen LogP contribution in [-0.2, 0) is 18.2 Å². The number of aryl methyl sites for hydroxylation is 1. The number of aromatic nitrogens is 2. The molecule has 1 aromatic heterocycles. The van der Waals surface area contributed by atoms with E-state index in [-0.39, 0.29) is 0 Å². The monoisotopic (exact) mass is 182 g/mol. The lowest BCUT2D eigenvalue weighted by Gasteiger charge is -2.19. The normalized spacial score (nSPS) is 28.2. The van der Waals surface area contributed by atoms with Gasteiger partial charge in [0, 0.05) is 38.9 Å². The van der Waals surface area contributed by atoms with Gasteiger partial charge in [-0.2, -0.15) is 0 Å². The van der Waals surface area contributed by atoms with E-state index < -0.39 is 5.60 Å². The number of ether oxygens (including phenoxy) is 1. The molecule has 2 rings (SSSR count). The molecule has 0 amide bonds. The first-order chi connectivity index (χ1) is 6.20. The lowest BCUT2D eigenvalue weighted by Crippen LogP contribution is -2.32. The summed E-state index contributed by atoms with van der Waals surface area (Å²) in [6.45, 7) is 1.08. The Labute approximate surface area is 77.2 Å². The Hall–Kier alpha value is -0.870. The summed E-state index contributed by atoms with van der Waals surface area (Å²) in [5.74, 6) is 0.910. The van der Waals surface area contributed by atoms with E-state index in [9.17, 15) is 5.11 Å². The van der Waals surface area contributed by atoms with Gasteiger partial charge >= 0.3 is 0 Å². The molecule has 1 N–H and O–H groups in total. The van der Waals surface area contributed by atoms with Gasteiger partial charge in [0.2, 0.25) is 0 Å². The van der Waals surface area contributed by atoms with Crippen molar-refractivity contribution < 1.29 is 9.84 Å². The van der Waals surface area contributed by atoms with Crippen LogP contribution in [0.4, 0.5) is 0 Å². The van der Waals surface area contributed by atoms with Crippen molar-refractivity contribution in [2.45, 2.75) is 18.4 Å². The van der Waals surface area contributed by atoms with Crippen LogP contribution in [0.5, 0.6) is 0 Å². The summed E-state index contributed by atoms with van der Waals surface area (Å²) in [6, 6.07) is 0. The summed E-state index contributed by atoms with van der Waals surface area (Å²) in [6.07, 6.45) is 4.92. The second-order valence-corrected chi connectivity index (χ2v) is 3.66. The number of hydrogen-bond acceptors (Lipinski definition) is 3. The molecule has 4 nitrogen and oxygen atoms in total. The molecule has 4 heteroatoms. The topological polar surface area (TPSA) is 47.3 Å². The van der Waals surface area contributed by atoms with Gasteiger partial charge in [-0.1, -0.05) is 0 Å². The third-order valence-corrected chi connectivity index (χ3v) is 2.49. The predicted octanol–water partition coefficient (Wildman–Crippen LogP) is 0.114. The van der Waals surface area contributed by atoms with E-state index in [1.54, 1.807) is 6.20 Å². The average molecular weight is 182 g/mol. The van der Waals surface area contributed by atoms with Crippen molar-refractivity contribution in [2.24, 2.45) is 7.05 Å². The molecule has 1 aromatic rings. The first-order valence-electron chi connectivity index (χ1n) is 4.46. The van der Waals surface area contributed by atoms with Crippen molar-refractivity contribution in [2.75, 3.05) is 13.2 Å². The number of imidazole rings is 1. The van der Waals surface area contributed by atoms with Crippen LogP contribution in [0.15, 0.2) is 12.4 Å². The predicted molar refractivity (Wildman–Crippen MR) is 47.3 cm³/mol. The quantitative estimate of drug-likeness (QED) is 0.706. The van der Waals surface area contributed by atoms with Crippen molar-refractivity contribution in [3.63, 3.8) is 0 Å². The van der Waals surface area contributed by atoms with Gasteiger partial charge in [-0.15, -0.1) is 0 Å². The van der Waals surface area contributed by atoms with Crippen LogP contribution < -0.4 is 0 Å². The van der Waals surface area contributed by atoms with E-state index in [0.717, 1.165) is 5.82 Å². The Balaban J connectivity index is 2.09. The fourth-order valence-corrected chi connectivity index (χ4v) is 1.60. The van der Waals surface area contributed by atoms with Crippen molar-refractivity contribution in [1.82, 2.24) is 9.55 Å². The Morgan fingerprint density at radius 3 is 3.15 bits per heavy atom. The van der Waals surface area contributed by atoms with E-state index >= 15 is 0 Å². The molecule has 2 heterocycles. The maximum atomic E-state index is 10.0. The molecule has 0 aromatic carbocycles. The number of rotatable bonds is 2. The van der Waals surface area contributed by atoms with Crippen LogP contribution in [0.25, 0.3) is 0 Å². The largest absolute Gasteiger partial charge is 0.387 e. The van der Waals surface area contributed by atoms with Crippen LogP contribution >= 0.6 is 0 Å². The van der Waals surface area contributed by atoms with E-state index in [1.165, 1.54) is 0 Å². The van der Waals surface area contributed by atoms with Gasteiger partial charge < -0.3 is 14.4 Å². The van der Waals surface area contributed by atoms with Crippen LogP contribution in [0.2, 0.25) is 0 Å². The first kappa shape index (κ1) is 8.72. The van der Waals surface area contributed by atoms with Gasteiger partial charge in [-0.05, 0) is 0 Å². The summed E-state index contributed by atoms with van der Waals surface area (Å²) < 4.78 is 7.09. The summed E-state index contributed by atoms with van der Waals surface area (Å²) in [4.78, 5) is 4.17. The Kier molecular flexibility index (Phi) is 2.09. The van der Waals surface area contributed by atoms with Crippen molar-refractivity contribution in [3.05, 3.63) is 18.2 Å². The molecular weight excluding hydrogens is 168 g/mol. The molecule has 0 bridgehead atoms. The zero-order valence-electron chi connectivity index (χ0n) is 7.73. The van der Waals surface area contributed by atoms with Crippen LogP contribution in [0.1, 0.15) is 12.2 Å². The van der Waals surface area contributed by atoms with Gasteiger partial charge in [0.05, 0.1) is 12.2 Å². The fraction of sp³-hybridized carbons (Fsp3) is 0.667. The van der Waals surface area contributed by atoms with Crippen molar-refractivity contribution >= 4 is 0 Å². The third kappa shape index (κ3) is 1.73. The Morgan fingerprint density at radius 2 is 2.62 bits per heavy atom. The fourth-order valence-electron chi connectivity index (χ4n) is 1.60. The highest BCUT2D eigenvalue weighted by molar-refractivity contribution is 4.99. The van der Waals surface area contributed by atoms with Gasteiger partial charge in [0.25, 0.3) is 0 Å². The molecule has 1 fully saturated rings. The SMILES string of the molecule is Cn1ccnc1CC1(O)CCOC1. The van der Waals surface area contributed by atoms with E-state index in [1.807, 2.05) is 17.8 Å². The number of nitrogens with zero attached hydrogens (tertiary/aromatic N) is 2. The third-order valence-electron chi connectivity index (χ3n) is 2.49. The molecule has 0 saturated carbocycles. The summed E-state index contributed by atoms with van der Waals surface area (Å²) >= 11 is 0. The standard InChI is InChI=1S/C9H14N2O2/c1-11-4-3-10-8(11)6-9(12)2-5-13-7-9/h3-4,12H,2,5-7H2,1H3. The van der Waals surface area contributed by atoms with Crippen LogP contribution in [-0.4, -0.2) is 33.5 Å². The van der Waals surface area contributed by atoms with Gasteiger partial charge in [-0.3, -0.25) is 0 Å². The highest BCUT2D eigenvalue weighted by atomic mass is 16.5. The number of aliphatic hydroxyl groups is 1. The molecule has 1 aliphatic heterocycles. The van der Waals surface area contributed by atoms with Gasteiger partial charge in [0.15, 0.2) is 0 Å². The summed E-state index contributed by atoms with van der Waals surface area (Å²) in [7, 11) is 1.93. The molecule has 1 saturated heterocycles. The molecule has 1 atom stereocenters. The summed E-state index contributed by atoms with van der Waals surface area (Å²) in [5.41, 5.74) is -0.695. The van der Waals surface area contributed by atoms with Crippen LogP contribution in [0.3, 0.4) is 0 Å². The van der Waals surface area contributed by atoms with Crippen molar-refractivity contribution in [3.8, 4) is 0 Å². The second kappa shape index (κ2) is 3.12. The van der Waals surface area contributed by atoms with E-state index in [4.69, 9.17) is 4.74 Å². The van der Waals surface area contributed by atoms with Gasteiger partial charge in [0.1, 0.15) is 5.82 Å². The van der Waals surface area contributed by atoms with Crippen molar-refractivity contribution in [1.29, 1.82) is 0 Å². The minimum absolute atomic E-state index is 0.430. The van der Waals surface area contributed by atoms with E-state index in [2.05, 4.69) is 4.98 Å². The van der Waals surface area contributed by atoms with Crippen LogP contribution in [0, 0.1) is 0 Å².